The summed E-state index contributed by atoms with van der Waals surface area (Å²) in [5.74, 6) is -10.1. The second kappa shape index (κ2) is 4.92. The number of benzene rings is 1. The van der Waals surface area contributed by atoms with E-state index in [2.05, 4.69) is 10.3 Å². The van der Waals surface area contributed by atoms with Crippen LogP contribution in [0.2, 0.25) is 0 Å². The zero-order valence-corrected chi connectivity index (χ0v) is 9.17. The Morgan fingerprint density at radius 1 is 0.947 bits per heavy atom. The zero-order chi connectivity index (χ0) is 14.2. The van der Waals surface area contributed by atoms with Crippen LogP contribution in [-0.2, 0) is 13.2 Å². The Bertz CT molecular complexity index is 599. The first-order valence-electron chi connectivity index (χ1n) is 4.95. The first kappa shape index (κ1) is 13.4. The summed E-state index contributed by atoms with van der Waals surface area (Å²) in [5, 5.41) is 15.5. The summed E-state index contributed by atoms with van der Waals surface area (Å²) in [4.78, 5) is 0. The maximum absolute atomic E-state index is 13.3. The Morgan fingerprint density at radius 3 is 1.95 bits per heavy atom. The molecule has 0 saturated carbocycles. The number of aromatic nitrogens is 3. The van der Waals surface area contributed by atoms with Crippen LogP contribution in [0.4, 0.5) is 22.0 Å². The van der Waals surface area contributed by atoms with Gasteiger partial charge in [0.1, 0.15) is 5.69 Å². The second-order valence-electron chi connectivity index (χ2n) is 3.61. The van der Waals surface area contributed by atoms with E-state index in [0.29, 0.717) is 0 Å². The van der Waals surface area contributed by atoms with E-state index in [9.17, 15) is 22.0 Å². The van der Waals surface area contributed by atoms with Gasteiger partial charge in [-0.1, -0.05) is 5.21 Å². The summed E-state index contributed by atoms with van der Waals surface area (Å²) in [6, 6.07) is 0. The molecule has 1 N–H and O–H groups in total. The molecule has 0 bridgehead atoms. The van der Waals surface area contributed by atoms with Gasteiger partial charge >= 0.3 is 0 Å². The van der Waals surface area contributed by atoms with Crippen molar-refractivity contribution in [3.8, 4) is 0 Å². The van der Waals surface area contributed by atoms with Crippen molar-refractivity contribution in [1.82, 2.24) is 15.0 Å². The molecule has 0 radical (unpaired) electrons. The summed E-state index contributed by atoms with van der Waals surface area (Å²) >= 11 is 0. The van der Waals surface area contributed by atoms with Gasteiger partial charge in [-0.2, -0.15) is 0 Å². The monoisotopic (exact) mass is 279 g/mol. The Balaban J connectivity index is 2.45. The van der Waals surface area contributed by atoms with Gasteiger partial charge in [0.15, 0.2) is 23.3 Å². The third-order valence-electron chi connectivity index (χ3n) is 2.37. The van der Waals surface area contributed by atoms with E-state index in [4.69, 9.17) is 5.11 Å². The molecule has 1 heterocycles. The van der Waals surface area contributed by atoms with Crippen LogP contribution in [0.25, 0.3) is 0 Å². The van der Waals surface area contributed by atoms with E-state index in [-0.39, 0.29) is 5.69 Å². The third kappa shape index (κ3) is 2.28. The average molecular weight is 279 g/mol. The van der Waals surface area contributed by atoms with Gasteiger partial charge in [0, 0.05) is 0 Å². The van der Waals surface area contributed by atoms with Crippen molar-refractivity contribution in [2.45, 2.75) is 13.2 Å². The summed E-state index contributed by atoms with van der Waals surface area (Å²) in [7, 11) is 0. The van der Waals surface area contributed by atoms with Crippen LogP contribution in [0.1, 0.15) is 11.3 Å². The van der Waals surface area contributed by atoms with Crippen molar-refractivity contribution in [2.24, 2.45) is 0 Å². The van der Waals surface area contributed by atoms with Crippen LogP contribution in [0.15, 0.2) is 6.20 Å². The smallest absolute Gasteiger partial charge is 0.200 e. The number of hydrogen-bond acceptors (Lipinski definition) is 3. The molecule has 0 aliphatic heterocycles. The fourth-order valence-electron chi connectivity index (χ4n) is 1.44. The molecule has 0 atom stereocenters. The first-order chi connectivity index (χ1) is 8.95. The van der Waals surface area contributed by atoms with Gasteiger partial charge in [0.2, 0.25) is 5.82 Å². The fourth-order valence-corrected chi connectivity index (χ4v) is 1.44. The highest BCUT2D eigenvalue weighted by Gasteiger charge is 2.25. The van der Waals surface area contributed by atoms with Gasteiger partial charge in [0.05, 0.1) is 24.9 Å². The Kier molecular flexibility index (Phi) is 3.47. The standard InChI is InChI=1S/C10H6F5N3O/c11-6-5(2-18-1-4(3-19)16-17-18)7(12)9(14)10(15)8(6)13/h1,19H,2-3H2. The minimum Gasteiger partial charge on any atom is -0.390 e. The van der Waals surface area contributed by atoms with Crippen LogP contribution in [0, 0.1) is 29.1 Å². The lowest BCUT2D eigenvalue weighted by molar-refractivity contribution is 0.276. The van der Waals surface area contributed by atoms with Crippen molar-refractivity contribution in [3.05, 3.63) is 46.5 Å². The minimum atomic E-state index is -2.21. The van der Waals surface area contributed by atoms with Crippen LogP contribution in [0.3, 0.4) is 0 Å². The van der Waals surface area contributed by atoms with E-state index < -0.39 is 47.8 Å². The molecule has 19 heavy (non-hydrogen) atoms. The number of nitrogens with zero attached hydrogens (tertiary/aromatic N) is 3. The average Bonchev–Trinajstić information content (AvgIpc) is 2.87. The molecule has 0 amide bonds. The molecular formula is C10H6F5N3O. The van der Waals surface area contributed by atoms with Gasteiger partial charge in [0.25, 0.3) is 0 Å². The topological polar surface area (TPSA) is 50.9 Å². The predicted octanol–water partition coefficient (Wildman–Crippen LogP) is 1.51. The third-order valence-corrected chi connectivity index (χ3v) is 2.37. The Morgan fingerprint density at radius 2 is 1.47 bits per heavy atom. The second-order valence-corrected chi connectivity index (χ2v) is 3.61. The van der Waals surface area contributed by atoms with Gasteiger partial charge < -0.3 is 5.11 Å². The molecule has 2 aromatic rings. The van der Waals surface area contributed by atoms with E-state index in [1.165, 1.54) is 0 Å². The van der Waals surface area contributed by atoms with E-state index >= 15 is 0 Å². The van der Waals surface area contributed by atoms with Crippen molar-refractivity contribution >= 4 is 0 Å². The maximum Gasteiger partial charge on any atom is 0.200 e. The van der Waals surface area contributed by atoms with Gasteiger partial charge in [-0.05, 0) is 0 Å². The van der Waals surface area contributed by atoms with Crippen LogP contribution in [0.5, 0.6) is 0 Å². The van der Waals surface area contributed by atoms with E-state index in [0.717, 1.165) is 10.9 Å². The molecule has 0 unspecified atom stereocenters. The molecule has 0 spiro atoms. The summed E-state index contributed by atoms with van der Waals surface area (Å²) < 4.78 is 66.2. The molecule has 1 aromatic carbocycles. The maximum atomic E-state index is 13.3. The molecule has 0 saturated heterocycles. The zero-order valence-electron chi connectivity index (χ0n) is 9.17. The first-order valence-corrected chi connectivity index (χ1v) is 4.95. The van der Waals surface area contributed by atoms with Gasteiger partial charge in [-0.25, -0.2) is 26.6 Å². The van der Waals surface area contributed by atoms with E-state index in [1.54, 1.807) is 0 Å². The van der Waals surface area contributed by atoms with Gasteiger partial charge in [-0.15, -0.1) is 5.10 Å². The molecule has 102 valence electrons. The number of hydrogen-bond donors (Lipinski definition) is 1. The lowest BCUT2D eigenvalue weighted by atomic mass is 10.1. The molecule has 0 aliphatic carbocycles. The number of halogens is 5. The molecule has 1 aromatic heterocycles. The summed E-state index contributed by atoms with van der Waals surface area (Å²) in [5.41, 5.74) is -0.922. The Hall–Kier alpha value is -2.03. The lowest BCUT2D eigenvalue weighted by Gasteiger charge is -2.07. The number of aliphatic hydroxyl groups is 1. The normalized spacial score (nSPS) is 11.1. The quantitative estimate of drug-likeness (QED) is 0.526. The number of rotatable bonds is 3. The molecular weight excluding hydrogens is 273 g/mol. The lowest BCUT2D eigenvalue weighted by Crippen LogP contribution is -2.11. The summed E-state index contributed by atoms with van der Waals surface area (Å²) in [6.45, 7) is -1.16. The minimum absolute atomic E-state index is 0.101. The van der Waals surface area contributed by atoms with Gasteiger partial charge in [-0.3, -0.25) is 0 Å². The molecule has 9 heteroatoms. The highest BCUT2D eigenvalue weighted by molar-refractivity contribution is 5.24. The van der Waals surface area contributed by atoms with Crippen molar-refractivity contribution in [1.29, 1.82) is 0 Å². The predicted molar refractivity (Wildman–Crippen MR) is 51.3 cm³/mol. The molecule has 0 aliphatic rings. The van der Waals surface area contributed by atoms with Crippen LogP contribution >= 0.6 is 0 Å². The van der Waals surface area contributed by atoms with Crippen molar-refractivity contribution in [2.75, 3.05) is 0 Å². The van der Waals surface area contributed by atoms with Crippen molar-refractivity contribution < 1.29 is 27.1 Å². The SMILES string of the molecule is OCc1cn(Cc2c(F)c(F)c(F)c(F)c2F)nn1. The molecule has 0 fully saturated rings. The largest absolute Gasteiger partial charge is 0.390 e. The van der Waals surface area contributed by atoms with Crippen LogP contribution in [-0.4, -0.2) is 20.1 Å². The highest BCUT2D eigenvalue weighted by atomic mass is 19.2. The molecule has 2 rings (SSSR count). The van der Waals surface area contributed by atoms with E-state index in [1.807, 2.05) is 0 Å². The molecule has 4 nitrogen and oxygen atoms in total. The van der Waals surface area contributed by atoms with Crippen LogP contribution < -0.4 is 0 Å². The highest BCUT2D eigenvalue weighted by Crippen LogP contribution is 2.23. The summed E-state index contributed by atoms with van der Waals surface area (Å²) in [6.07, 6.45) is 1.12. The fraction of sp³-hybridized carbons (Fsp3) is 0.200. The van der Waals surface area contributed by atoms with Crippen molar-refractivity contribution in [3.63, 3.8) is 0 Å². The number of aliphatic hydroxyl groups excluding tert-OH is 1. The Labute approximate surface area is 103 Å².